The normalized spacial score (nSPS) is 9.67. The highest BCUT2D eigenvalue weighted by Crippen LogP contribution is 2.15. The number of rotatable bonds is 5. The van der Waals surface area contributed by atoms with Gasteiger partial charge in [-0.05, 0) is 0 Å². The SMILES string of the molecule is COC(=O)Cc1csc(NCC(N)=O)n1. The first kappa shape index (κ1) is 11.4. The Morgan fingerprint density at radius 2 is 2.40 bits per heavy atom. The molecule has 0 aliphatic rings. The average molecular weight is 229 g/mol. The van der Waals surface area contributed by atoms with E-state index in [1.165, 1.54) is 18.4 Å². The fourth-order valence-corrected chi connectivity index (χ4v) is 1.56. The number of ether oxygens (including phenoxy) is 1. The van der Waals surface area contributed by atoms with Gasteiger partial charge in [-0.3, -0.25) is 9.59 Å². The van der Waals surface area contributed by atoms with E-state index < -0.39 is 5.91 Å². The first-order chi connectivity index (χ1) is 7.11. The van der Waals surface area contributed by atoms with Gasteiger partial charge in [-0.2, -0.15) is 0 Å². The summed E-state index contributed by atoms with van der Waals surface area (Å²) in [6.45, 7) is 0.0329. The number of carbonyl (C=O) groups is 2. The summed E-state index contributed by atoms with van der Waals surface area (Å²) in [6.07, 6.45) is 0.130. The quantitative estimate of drug-likeness (QED) is 0.679. The summed E-state index contributed by atoms with van der Waals surface area (Å²) in [7, 11) is 1.32. The van der Waals surface area contributed by atoms with Crippen LogP contribution in [0.1, 0.15) is 5.69 Å². The molecule has 0 aliphatic carbocycles. The van der Waals surface area contributed by atoms with Crippen LogP contribution in [-0.4, -0.2) is 30.5 Å². The Labute approximate surface area is 90.4 Å². The molecule has 7 heteroatoms. The lowest BCUT2D eigenvalue weighted by atomic mass is 10.3. The summed E-state index contributed by atoms with van der Waals surface area (Å²) in [5.41, 5.74) is 5.56. The van der Waals surface area contributed by atoms with Gasteiger partial charge in [-0.25, -0.2) is 4.98 Å². The van der Waals surface area contributed by atoms with Crippen molar-refractivity contribution in [1.29, 1.82) is 0 Å². The number of anilines is 1. The summed E-state index contributed by atoms with van der Waals surface area (Å²) in [4.78, 5) is 25.4. The van der Waals surface area contributed by atoms with E-state index in [2.05, 4.69) is 15.0 Å². The van der Waals surface area contributed by atoms with Crippen molar-refractivity contribution in [3.8, 4) is 0 Å². The first-order valence-electron chi connectivity index (χ1n) is 4.15. The van der Waals surface area contributed by atoms with Crippen LogP contribution in [0.5, 0.6) is 0 Å². The molecule has 82 valence electrons. The molecule has 0 aliphatic heterocycles. The molecule has 0 atom stereocenters. The highest BCUT2D eigenvalue weighted by atomic mass is 32.1. The number of hydrogen-bond acceptors (Lipinski definition) is 6. The number of nitrogens with zero attached hydrogens (tertiary/aromatic N) is 1. The number of hydrogen-bond donors (Lipinski definition) is 2. The minimum absolute atomic E-state index is 0.0329. The van der Waals surface area contributed by atoms with E-state index >= 15 is 0 Å². The minimum atomic E-state index is -0.459. The van der Waals surface area contributed by atoms with Gasteiger partial charge in [-0.15, -0.1) is 11.3 Å². The largest absolute Gasteiger partial charge is 0.469 e. The molecule has 0 aromatic carbocycles. The van der Waals surface area contributed by atoms with Crippen LogP contribution in [0.15, 0.2) is 5.38 Å². The Hall–Kier alpha value is -1.63. The standard InChI is InChI=1S/C8H11N3O3S/c1-14-7(13)2-5-4-15-8(11-5)10-3-6(9)12/h4H,2-3H2,1H3,(H2,9,12)(H,10,11). The maximum Gasteiger partial charge on any atom is 0.311 e. The molecule has 0 saturated heterocycles. The molecular weight excluding hydrogens is 218 g/mol. The molecule has 3 N–H and O–H groups in total. The Morgan fingerprint density at radius 3 is 3.00 bits per heavy atom. The van der Waals surface area contributed by atoms with Crippen molar-refractivity contribution in [1.82, 2.24) is 4.98 Å². The third-order valence-corrected chi connectivity index (χ3v) is 2.37. The maximum absolute atomic E-state index is 10.9. The van der Waals surface area contributed by atoms with Crippen LogP contribution in [0.25, 0.3) is 0 Å². The topological polar surface area (TPSA) is 94.3 Å². The van der Waals surface area contributed by atoms with Crippen LogP contribution in [0, 0.1) is 0 Å². The number of carbonyl (C=O) groups excluding carboxylic acids is 2. The van der Waals surface area contributed by atoms with E-state index in [1.54, 1.807) is 5.38 Å². The van der Waals surface area contributed by atoms with Gasteiger partial charge in [0.15, 0.2) is 5.13 Å². The zero-order valence-electron chi connectivity index (χ0n) is 8.15. The van der Waals surface area contributed by atoms with Crippen molar-refractivity contribution in [2.75, 3.05) is 19.0 Å². The van der Waals surface area contributed by atoms with E-state index in [4.69, 9.17) is 5.73 Å². The van der Waals surface area contributed by atoms with Crippen molar-refractivity contribution < 1.29 is 14.3 Å². The van der Waals surface area contributed by atoms with Crippen LogP contribution in [0.4, 0.5) is 5.13 Å². The number of nitrogens with two attached hydrogens (primary N) is 1. The summed E-state index contributed by atoms with van der Waals surface area (Å²) < 4.78 is 4.49. The van der Waals surface area contributed by atoms with Gasteiger partial charge in [0.2, 0.25) is 5.91 Å². The summed E-state index contributed by atoms with van der Waals surface area (Å²) in [5.74, 6) is -0.804. The molecular formula is C8H11N3O3S. The summed E-state index contributed by atoms with van der Waals surface area (Å²) in [6, 6.07) is 0. The molecule has 6 nitrogen and oxygen atoms in total. The number of aromatic nitrogens is 1. The van der Waals surface area contributed by atoms with Gasteiger partial charge in [0.25, 0.3) is 0 Å². The van der Waals surface area contributed by atoms with Crippen molar-refractivity contribution in [3.05, 3.63) is 11.1 Å². The third kappa shape index (κ3) is 3.94. The number of primary amides is 1. The summed E-state index contributed by atoms with van der Waals surface area (Å²) >= 11 is 1.31. The zero-order valence-corrected chi connectivity index (χ0v) is 8.97. The highest BCUT2D eigenvalue weighted by Gasteiger charge is 2.07. The van der Waals surface area contributed by atoms with E-state index in [-0.39, 0.29) is 18.9 Å². The van der Waals surface area contributed by atoms with E-state index in [0.29, 0.717) is 10.8 Å². The molecule has 0 saturated carbocycles. The predicted molar refractivity (Wildman–Crippen MR) is 55.5 cm³/mol. The monoisotopic (exact) mass is 229 g/mol. The first-order valence-corrected chi connectivity index (χ1v) is 5.03. The van der Waals surface area contributed by atoms with Crippen LogP contribution in [0.3, 0.4) is 0 Å². The van der Waals surface area contributed by atoms with Crippen LogP contribution in [-0.2, 0) is 20.7 Å². The van der Waals surface area contributed by atoms with E-state index in [9.17, 15) is 9.59 Å². The van der Waals surface area contributed by atoms with Gasteiger partial charge in [0.05, 0.1) is 25.8 Å². The van der Waals surface area contributed by atoms with Crippen LogP contribution in [0.2, 0.25) is 0 Å². The van der Waals surface area contributed by atoms with Crippen molar-refractivity contribution in [2.45, 2.75) is 6.42 Å². The molecule has 0 unspecified atom stereocenters. The van der Waals surface area contributed by atoms with Crippen molar-refractivity contribution >= 4 is 28.3 Å². The lowest BCUT2D eigenvalue weighted by molar-refractivity contribution is -0.139. The zero-order chi connectivity index (χ0) is 11.3. The van der Waals surface area contributed by atoms with Crippen molar-refractivity contribution in [2.24, 2.45) is 5.73 Å². The molecule has 1 heterocycles. The van der Waals surface area contributed by atoms with Gasteiger partial charge >= 0.3 is 5.97 Å². The Bertz CT molecular complexity index is 364. The lowest BCUT2D eigenvalue weighted by Gasteiger charge is -1.97. The minimum Gasteiger partial charge on any atom is -0.469 e. The smallest absolute Gasteiger partial charge is 0.311 e. The third-order valence-electron chi connectivity index (χ3n) is 1.52. The Balaban J connectivity index is 2.49. The fourth-order valence-electron chi connectivity index (χ4n) is 0.852. The van der Waals surface area contributed by atoms with Crippen LogP contribution < -0.4 is 11.1 Å². The van der Waals surface area contributed by atoms with Crippen molar-refractivity contribution in [3.63, 3.8) is 0 Å². The fraction of sp³-hybridized carbons (Fsp3) is 0.375. The number of nitrogens with one attached hydrogen (secondary N) is 1. The van der Waals surface area contributed by atoms with Gasteiger partial charge in [0.1, 0.15) is 0 Å². The molecule has 1 aromatic heterocycles. The van der Waals surface area contributed by atoms with Crippen LogP contribution >= 0.6 is 11.3 Å². The second-order valence-corrected chi connectivity index (χ2v) is 3.57. The highest BCUT2D eigenvalue weighted by molar-refractivity contribution is 7.13. The Kier molecular flexibility index (Phi) is 4.04. The second kappa shape index (κ2) is 5.30. The van der Waals surface area contributed by atoms with Gasteiger partial charge in [0, 0.05) is 5.38 Å². The molecule has 0 spiro atoms. The molecule has 1 rings (SSSR count). The second-order valence-electron chi connectivity index (χ2n) is 2.72. The molecule has 1 amide bonds. The van der Waals surface area contributed by atoms with E-state index in [1.807, 2.05) is 0 Å². The van der Waals surface area contributed by atoms with Gasteiger partial charge in [-0.1, -0.05) is 0 Å². The number of methoxy groups -OCH3 is 1. The Morgan fingerprint density at radius 1 is 1.67 bits per heavy atom. The number of thiazole rings is 1. The molecule has 0 fully saturated rings. The molecule has 0 radical (unpaired) electrons. The molecule has 1 aromatic rings. The number of esters is 1. The van der Waals surface area contributed by atoms with Gasteiger partial charge < -0.3 is 15.8 Å². The molecule has 15 heavy (non-hydrogen) atoms. The molecule has 0 bridgehead atoms. The average Bonchev–Trinajstić information content (AvgIpc) is 2.62. The lowest BCUT2D eigenvalue weighted by Crippen LogP contribution is -2.21. The maximum atomic E-state index is 10.9. The summed E-state index contributed by atoms with van der Waals surface area (Å²) in [5, 5.41) is 5.02. The predicted octanol–water partition coefficient (Wildman–Crippen LogP) is -0.244. The number of amides is 1. The van der Waals surface area contributed by atoms with E-state index in [0.717, 1.165) is 0 Å².